The zero-order chi connectivity index (χ0) is 14.7. The molecule has 0 aromatic carbocycles. The lowest BCUT2D eigenvalue weighted by molar-refractivity contribution is -0.142. The lowest BCUT2D eigenvalue weighted by Gasteiger charge is -2.35. The zero-order valence-corrected chi connectivity index (χ0v) is 12.1. The second kappa shape index (κ2) is 6.17. The van der Waals surface area contributed by atoms with Crippen LogP contribution < -0.4 is 4.72 Å². The number of nitrogens with zero attached hydrogens (tertiary/aromatic N) is 1. The van der Waals surface area contributed by atoms with E-state index in [0.717, 1.165) is 4.31 Å². The minimum absolute atomic E-state index is 0.141. The highest BCUT2D eigenvalue weighted by molar-refractivity contribution is 7.87. The van der Waals surface area contributed by atoms with E-state index in [1.54, 1.807) is 13.8 Å². The molecule has 1 rings (SSSR count). The summed E-state index contributed by atoms with van der Waals surface area (Å²) in [5.74, 6) is -1.12. The predicted octanol–water partition coefficient (Wildman–Crippen LogP) is -0.0791. The van der Waals surface area contributed by atoms with Crippen LogP contribution in [-0.4, -0.2) is 53.6 Å². The maximum absolute atomic E-state index is 12.3. The van der Waals surface area contributed by atoms with Crippen LogP contribution in [0.1, 0.15) is 39.5 Å². The van der Waals surface area contributed by atoms with Crippen molar-refractivity contribution in [1.29, 1.82) is 0 Å². The highest BCUT2D eigenvalue weighted by atomic mass is 32.2. The quantitative estimate of drug-likeness (QED) is 0.635. The first-order chi connectivity index (χ1) is 8.69. The van der Waals surface area contributed by atoms with Crippen molar-refractivity contribution >= 4 is 16.2 Å². The fourth-order valence-corrected chi connectivity index (χ4v) is 4.00. The third kappa shape index (κ3) is 4.41. The topological polar surface area (TPSA) is 107 Å². The van der Waals surface area contributed by atoms with Crippen molar-refractivity contribution in [3.8, 4) is 0 Å². The molecule has 0 aromatic rings. The molecule has 1 saturated heterocycles. The van der Waals surface area contributed by atoms with Gasteiger partial charge in [0.15, 0.2) is 0 Å². The van der Waals surface area contributed by atoms with Crippen molar-refractivity contribution in [2.24, 2.45) is 0 Å². The Kier molecular flexibility index (Phi) is 5.31. The Morgan fingerprint density at radius 2 is 2.05 bits per heavy atom. The predicted molar refractivity (Wildman–Crippen MR) is 69.8 cm³/mol. The van der Waals surface area contributed by atoms with E-state index < -0.39 is 27.8 Å². The third-order valence-corrected chi connectivity index (χ3v) is 5.05. The largest absolute Gasteiger partial charge is 0.480 e. The van der Waals surface area contributed by atoms with E-state index in [0.29, 0.717) is 19.3 Å². The lowest BCUT2D eigenvalue weighted by Crippen LogP contribution is -2.56. The van der Waals surface area contributed by atoms with E-state index in [9.17, 15) is 13.2 Å². The number of carboxylic acids is 1. The molecule has 1 aliphatic rings. The van der Waals surface area contributed by atoms with Crippen LogP contribution in [0.5, 0.6) is 0 Å². The molecule has 1 unspecified atom stereocenters. The first kappa shape index (κ1) is 16.4. The minimum Gasteiger partial charge on any atom is -0.480 e. The van der Waals surface area contributed by atoms with E-state index in [1.807, 2.05) is 0 Å². The van der Waals surface area contributed by atoms with Gasteiger partial charge in [-0.3, -0.25) is 4.79 Å². The van der Waals surface area contributed by atoms with Crippen molar-refractivity contribution in [3.63, 3.8) is 0 Å². The van der Waals surface area contributed by atoms with Crippen molar-refractivity contribution in [3.05, 3.63) is 0 Å². The number of carboxylic acid groups (broad SMARTS) is 1. The van der Waals surface area contributed by atoms with Crippen LogP contribution in [0.25, 0.3) is 0 Å². The molecule has 0 amide bonds. The SMILES string of the molecule is CC(C)(CCO)NS(=O)(=O)N1CCCCC1C(=O)O. The molecule has 1 heterocycles. The number of aliphatic hydroxyl groups is 1. The van der Waals surface area contributed by atoms with Crippen LogP contribution in [0.4, 0.5) is 0 Å². The Balaban J connectivity index is 2.88. The fraction of sp³-hybridized carbons (Fsp3) is 0.909. The van der Waals surface area contributed by atoms with Gasteiger partial charge in [0, 0.05) is 18.7 Å². The average Bonchev–Trinajstić information content (AvgIpc) is 2.27. The summed E-state index contributed by atoms with van der Waals surface area (Å²) >= 11 is 0. The Morgan fingerprint density at radius 3 is 2.58 bits per heavy atom. The molecule has 1 fully saturated rings. The van der Waals surface area contributed by atoms with Crippen molar-refractivity contribution in [1.82, 2.24) is 9.03 Å². The molecule has 112 valence electrons. The summed E-state index contributed by atoms with van der Waals surface area (Å²) in [6.45, 7) is 3.38. The number of carbonyl (C=O) groups is 1. The fourth-order valence-electron chi connectivity index (χ4n) is 2.18. The first-order valence-electron chi connectivity index (χ1n) is 6.34. The van der Waals surface area contributed by atoms with Gasteiger partial charge in [0.1, 0.15) is 6.04 Å². The minimum atomic E-state index is -3.87. The Labute approximate surface area is 113 Å². The van der Waals surface area contributed by atoms with Gasteiger partial charge in [-0.25, -0.2) is 0 Å². The highest BCUT2D eigenvalue weighted by Gasteiger charge is 2.38. The number of piperidine rings is 1. The molecule has 0 saturated carbocycles. The van der Waals surface area contributed by atoms with Gasteiger partial charge in [-0.1, -0.05) is 0 Å². The summed E-state index contributed by atoms with van der Waals surface area (Å²) in [5, 5.41) is 18.0. The summed E-state index contributed by atoms with van der Waals surface area (Å²) in [7, 11) is -3.87. The van der Waals surface area contributed by atoms with Gasteiger partial charge in [0.25, 0.3) is 10.2 Å². The number of hydrogen-bond donors (Lipinski definition) is 3. The van der Waals surface area contributed by atoms with Crippen molar-refractivity contribution in [2.75, 3.05) is 13.2 Å². The number of hydrogen-bond acceptors (Lipinski definition) is 4. The summed E-state index contributed by atoms with van der Waals surface area (Å²) in [6.07, 6.45) is 1.96. The molecule has 0 radical (unpaired) electrons. The van der Waals surface area contributed by atoms with E-state index in [1.165, 1.54) is 0 Å². The monoisotopic (exact) mass is 294 g/mol. The van der Waals surface area contributed by atoms with Crippen LogP contribution >= 0.6 is 0 Å². The first-order valence-corrected chi connectivity index (χ1v) is 7.78. The number of aliphatic carboxylic acids is 1. The Hall–Kier alpha value is -0.700. The highest BCUT2D eigenvalue weighted by Crippen LogP contribution is 2.21. The maximum atomic E-state index is 12.3. The molecule has 0 spiro atoms. The van der Waals surface area contributed by atoms with E-state index in [-0.39, 0.29) is 19.6 Å². The van der Waals surface area contributed by atoms with Gasteiger partial charge in [0.05, 0.1) is 0 Å². The van der Waals surface area contributed by atoms with Gasteiger partial charge in [-0.2, -0.15) is 17.4 Å². The van der Waals surface area contributed by atoms with Crippen molar-refractivity contribution < 1.29 is 23.4 Å². The molecule has 1 atom stereocenters. The van der Waals surface area contributed by atoms with Gasteiger partial charge in [0.2, 0.25) is 0 Å². The molecule has 7 nitrogen and oxygen atoms in total. The summed E-state index contributed by atoms with van der Waals surface area (Å²) < 4.78 is 28.0. The summed E-state index contributed by atoms with van der Waals surface area (Å²) in [4.78, 5) is 11.1. The summed E-state index contributed by atoms with van der Waals surface area (Å²) in [5.41, 5.74) is -0.811. The van der Waals surface area contributed by atoms with Gasteiger partial charge < -0.3 is 10.2 Å². The molecule has 0 bridgehead atoms. The van der Waals surface area contributed by atoms with Crippen LogP contribution in [0.2, 0.25) is 0 Å². The molecule has 3 N–H and O–H groups in total. The average molecular weight is 294 g/mol. The van der Waals surface area contributed by atoms with Crippen LogP contribution in [0.3, 0.4) is 0 Å². The van der Waals surface area contributed by atoms with Gasteiger partial charge in [-0.05, 0) is 39.5 Å². The normalized spacial score (nSPS) is 22.4. The van der Waals surface area contributed by atoms with E-state index in [4.69, 9.17) is 10.2 Å². The summed E-state index contributed by atoms with van der Waals surface area (Å²) in [6, 6.07) is -1.00. The number of rotatable bonds is 6. The van der Waals surface area contributed by atoms with Crippen LogP contribution in [0.15, 0.2) is 0 Å². The third-order valence-electron chi connectivity index (χ3n) is 3.19. The number of nitrogens with one attached hydrogen (secondary N) is 1. The molecular formula is C11H22N2O5S. The van der Waals surface area contributed by atoms with Gasteiger partial charge >= 0.3 is 5.97 Å². The molecular weight excluding hydrogens is 272 g/mol. The molecule has 0 aromatic heterocycles. The molecule has 1 aliphatic heterocycles. The molecule has 19 heavy (non-hydrogen) atoms. The Morgan fingerprint density at radius 1 is 1.42 bits per heavy atom. The standard InChI is InChI=1S/C11H22N2O5S/c1-11(2,6-8-14)12-19(17,18)13-7-4-3-5-9(13)10(15)16/h9,12,14H,3-8H2,1-2H3,(H,15,16). The van der Waals surface area contributed by atoms with Crippen molar-refractivity contribution in [2.45, 2.75) is 51.1 Å². The second-order valence-electron chi connectivity index (χ2n) is 5.43. The second-order valence-corrected chi connectivity index (χ2v) is 7.05. The van der Waals surface area contributed by atoms with Gasteiger partial charge in [-0.15, -0.1) is 0 Å². The smallest absolute Gasteiger partial charge is 0.322 e. The van der Waals surface area contributed by atoms with E-state index in [2.05, 4.69) is 4.72 Å². The molecule has 0 aliphatic carbocycles. The maximum Gasteiger partial charge on any atom is 0.322 e. The Bertz CT molecular complexity index is 421. The van der Waals surface area contributed by atoms with Crippen LogP contribution in [0, 0.1) is 0 Å². The number of aliphatic hydroxyl groups excluding tert-OH is 1. The molecule has 8 heteroatoms. The van der Waals surface area contributed by atoms with E-state index >= 15 is 0 Å². The van der Waals surface area contributed by atoms with Crippen LogP contribution in [-0.2, 0) is 15.0 Å². The zero-order valence-electron chi connectivity index (χ0n) is 11.3. The lowest BCUT2D eigenvalue weighted by atomic mass is 10.0.